The van der Waals surface area contributed by atoms with Crippen LogP contribution in [0.3, 0.4) is 0 Å². The Bertz CT molecular complexity index is 231. The molecule has 12 heavy (non-hydrogen) atoms. The highest BCUT2D eigenvalue weighted by atomic mass is 79.9. The summed E-state index contributed by atoms with van der Waals surface area (Å²) in [4.78, 5) is 0. The van der Waals surface area contributed by atoms with Crippen molar-refractivity contribution in [3.05, 3.63) is 35.9 Å². The second-order valence-corrected chi connectivity index (χ2v) is 8.23. The van der Waals surface area contributed by atoms with Gasteiger partial charge in [-0.2, -0.15) is 0 Å². The molecule has 0 aliphatic rings. The topological polar surface area (TPSA) is 0 Å². The van der Waals surface area contributed by atoms with Crippen molar-refractivity contribution in [1.29, 1.82) is 0 Å². The van der Waals surface area contributed by atoms with Gasteiger partial charge in [0.15, 0.2) is 0 Å². The van der Waals surface area contributed by atoms with Gasteiger partial charge in [0.05, 0.1) is 0 Å². The van der Waals surface area contributed by atoms with Gasteiger partial charge < -0.3 is 0 Å². The van der Waals surface area contributed by atoms with Crippen LogP contribution in [0.2, 0.25) is 0 Å². The minimum atomic E-state index is 0.295. The molecule has 2 heteroatoms. The lowest BCUT2D eigenvalue weighted by molar-refractivity contribution is 0.735. The molecule has 0 nitrogen and oxygen atoms in total. The number of rotatable bonds is 3. The Hall–Kier alpha value is -0.0831. The summed E-state index contributed by atoms with van der Waals surface area (Å²) < 4.78 is 0.295. The molecule has 0 amide bonds. The summed E-state index contributed by atoms with van der Waals surface area (Å²) in [6.45, 7) is 2.23. The van der Waals surface area contributed by atoms with Crippen molar-refractivity contribution in [3.8, 4) is 0 Å². The van der Waals surface area contributed by atoms with Crippen molar-refractivity contribution < 1.29 is 0 Å². The molecule has 0 saturated heterocycles. The van der Waals surface area contributed by atoms with Gasteiger partial charge >= 0.3 is 0 Å². The van der Waals surface area contributed by atoms with Crippen LogP contribution in [0.4, 0.5) is 0 Å². The lowest BCUT2D eigenvalue weighted by Gasteiger charge is -2.22. The second kappa shape index (κ2) is 4.24. The smallest absolute Gasteiger partial charge is 0.0332 e. The Labute approximate surface area is 85.9 Å². The summed E-state index contributed by atoms with van der Waals surface area (Å²) in [5, 5.41) is 0. The highest BCUT2D eigenvalue weighted by molar-refractivity contribution is 9.10. The Kier molecular flexibility index (Phi) is 3.53. The van der Waals surface area contributed by atoms with Crippen LogP contribution in [-0.4, -0.2) is 10.2 Å². The van der Waals surface area contributed by atoms with Gasteiger partial charge in [-0.15, -0.1) is 0 Å². The maximum atomic E-state index is 3.81. The largest absolute Gasteiger partial charge is 0.0849 e. The third kappa shape index (κ3) is 2.46. The Morgan fingerprint density at radius 3 is 2.42 bits per heavy atom. The van der Waals surface area contributed by atoms with E-state index < -0.39 is 0 Å². The normalized spacial score (nSPS) is 15.8. The number of benzene rings is 1. The molecule has 1 unspecified atom stereocenters. The Morgan fingerprint density at radius 1 is 1.33 bits per heavy atom. The minimum Gasteiger partial charge on any atom is -0.0849 e. The lowest BCUT2D eigenvalue weighted by atomic mass is 10.1. The zero-order chi connectivity index (χ0) is 9.03. The molecule has 0 saturated carbocycles. The van der Waals surface area contributed by atoms with E-state index in [0.717, 1.165) is 10.2 Å². The fourth-order valence-electron chi connectivity index (χ4n) is 1.40. The number of hydrogen-bond donors (Lipinski definition) is 0. The summed E-state index contributed by atoms with van der Waals surface area (Å²) in [6, 6.07) is 10.7. The van der Waals surface area contributed by atoms with Crippen molar-refractivity contribution >= 4 is 26.2 Å². The fourth-order valence-corrected chi connectivity index (χ4v) is 2.89. The Balaban J connectivity index is 2.82. The first-order chi connectivity index (χ1) is 5.67. The van der Waals surface area contributed by atoms with Gasteiger partial charge in [0.2, 0.25) is 0 Å². The van der Waals surface area contributed by atoms with Crippen LogP contribution < -0.4 is 0 Å². The van der Waals surface area contributed by atoms with Crippen molar-refractivity contribution in [2.75, 3.05) is 0 Å². The maximum Gasteiger partial charge on any atom is 0.0332 e. The first-order valence-corrected chi connectivity index (χ1v) is 6.20. The van der Waals surface area contributed by atoms with Gasteiger partial charge in [0.1, 0.15) is 0 Å². The monoisotopic (exact) mass is 242 g/mol. The van der Waals surface area contributed by atoms with E-state index in [9.17, 15) is 0 Å². The second-order valence-electron chi connectivity index (χ2n) is 3.31. The third-order valence-corrected chi connectivity index (χ3v) is 4.03. The summed E-state index contributed by atoms with van der Waals surface area (Å²) in [7, 11) is 1.16. The molecule has 1 aromatic carbocycles. The maximum absolute atomic E-state index is 3.81. The molecule has 0 radical (unpaired) electrons. The Morgan fingerprint density at radius 2 is 1.92 bits per heavy atom. The van der Waals surface area contributed by atoms with Crippen molar-refractivity contribution in [2.45, 2.75) is 23.7 Å². The van der Waals surface area contributed by atoms with Crippen LogP contribution >= 0.6 is 15.9 Å². The molecule has 1 rings (SSSR count). The highest BCUT2D eigenvalue weighted by Gasteiger charge is 2.20. The lowest BCUT2D eigenvalue weighted by Crippen LogP contribution is -2.17. The third-order valence-electron chi connectivity index (χ3n) is 2.10. The molecule has 1 atom stereocenters. The number of alkyl halides is 1. The first kappa shape index (κ1) is 10.0. The van der Waals surface area contributed by atoms with E-state index in [-0.39, 0.29) is 0 Å². The molecule has 1 aromatic rings. The quantitative estimate of drug-likeness (QED) is 0.565. The van der Waals surface area contributed by atoms with Crippen LogP contribution in [-0.2, 0) is 3.95 Å². The molecule has 0 bridgehead atoms. The first-order valence-electron chi connectivity index (χ1n) is 4.41. The zero-order valence-corrected chi connectivity index (χ0v) is 11.3. The van der Waals surface area contributed by atoms with Crippen LogP contribution in [0.1, 0.15) is 25.3 Å². The van der Waals surface area contributed by atoms with E-state index in [4.69, 9.17) is 0 Å². The van der Waals surface area contributed by atoms with Crippen molar-refractivity contribution in [1.82, 2.24) is 0 Å². The van der Waals surface area contributed by atoms with Crippen LogP contribution in [0.25, 0.3) is 0 Å². The van der Waals surface area contributed by atoms with Crippen molar-refractivity contribution in [3.63, 3.8) is 0 Å². The van der Waals surface area contributed by atoms with Gasteiger partial charge in [0.25, 0.3) is 0 Å². The van der Waals surface area contributed by atoms with Crippen molar-refractivity contribution in [2.24, 2.45) is 0 Å². The summed E-state index contributed by atoms with van der Waals surface area (Å²) >= 11 is 3.81. The molecular formula is C10H15BrSi. The number of halogens is 1. The SMILES string of the molecule is CCCC([SiH3])(Br)c1ccccc1. The van der Waals surface area contributed by atoms with E-state index in [1.165, 1.54) is 18.4 Å². The summed E-state index contributed by atoms with van der Waals surface area (Å²) in [5.41, 5.74) is 1.43. The predicted octanol–water partition coefficient (Wildman–Crippen LogP) is 2.40. The average molecular weight is 243 g/mol. The standard InChI is InChI=1S/C10H15BrSi/c1-2-8-10(11,12)9-6-4-3-5-7-9/h3-7H,2,8H2,1,12H3. The van der Waals surface area contributed by atoms with Gasteiger partial charge in [-0.1, -0.05) is 59.6 Å². The van der Waals surface area contributed by atoms with E-state index in [2.05, 4.69) is 53.2 Å². The molecule has 0 aliphatic heterocycles. The molecular weight excluding hydrogens is 228 g/mol. The van der Waals surface area contributed by atoms with Crippen LogP contribution in [0.5, 0.6) is 0 Å². The average Bonchev–Trinajstić information content (AvgIpc) is 2.06. The molecule has 0 fully saturated rings. The molecule has 0 aromatic heterocycles. The van der Waals surface area contributed by atoms with E-state index in [0.29, 0.717) is 3.95 Å². The zero-order valence-electron chi connectivity index (χ0n) is 7.68. The molecule has 0 N–H and O–H groups in total. The fraction of sp³-hybridized carbons (Fsp3) is 0.400. The molecule has 0 spiro atoms. The van der Waals surface area contributed by atoms with E-state index in [1.807, 2.05) is 0 Å². The van der Waals surface area contributed by atoms with E-state index >= 15 is 0 Å². The van der Waals surface area contributed by atoms with Gasteiger partial charge in [-0.05, 0) is 12.0 Å². The van der Waals surface area contributed by atoms with Gasteiger partial charge in [0, 0.05) is 14.2 Å². The van der Waals surface area contributed by atoms with Gasteiger partial charge in [-0.3, -0.25) is 0 Å². The van der Waals surface area contributed by atoms with E-state index in [1.54, 1.807) is 0 Å². The molecule has 0 heterocycles. The van der Waals surface area contributed by atoms with Crippen LogP contribution in [0.15, 0.2) is 30.3 Å². The van der Waals surface area contributed by atoms with Crippen LogP contribution in [0, 0.1) is 0 Å². The predicted molar refractivity (Wildman–Crippen MR) is 61.9 cm³/mol. The summed E-state index contributed by atoms with van der Waals surface area (Å²) in [5.74, 6) is 0. The summed E-state index contributed by atoms with van der Waals surface area (Å²) in [6.07, 6.45) is 2.48. The molecule has 66 valence electrons. The minimum absolute atomic E-state index is 0.295. The highest BCUT2D eigenvalue weighted by Crippen LogP contribution is 2.31. The molecule has 0 aliphatic carbocycles. The number of hydrogen-bond acceptors (Lipinski definition) is 0. The van der Waals surface area contributed by atoms with Gasteiger partial charge in [-0.25, -0.2) is 0 Å².